The number of carbonyl (C=O) groups excluding carboxylic acids is 1. The van der Waals surface area contributed by atoms with Gasteiger partial charge in [0.2, 0.25) is 0 Å². The zero-order chi connectivity index (χ0) is 21.9. The summed E-state index contributed by atoms with van der Waals surface area (Å²) in [7, 11) is 0. The molecule has 0 atom stereocenters. The average molecular weight is 417 g/mol. The number of hydrogen-bond donors (Lipinski definition) is 1. The van der Waals surface area contributed by atoms with Crippen molar-refractivity contribution >= 4 is 5.91 Å². The molecule has 0 aliphatic carbocycles. The molecule has 3 aromatic carbocycles. The first-order valence-corrected chi connectivity index (χ1v) is 11.0. The standard InChI is InChI=1S/C27H32N2O2/c1-3-29(4-2)19-23-14-16-26(17-15-23)27(30)28-18-22-10-12-25(13-11-22)21-31-20-24-8-6-5-7-9-24/h5-17H,3-4,18-21H2,1-2H3,(H,28,30). The maximum Gasteiger partial charge on any atom is 0.251 e. The van der Waals surface area contributed by atoms with E-state index < -0.39 is 0 Å². The lowest BCUT2D eigenvalue weighted by Gasteiger charge is -2.18. The van der Waals surface area contributed by atoms with E-state index in [1.165, 1.54) is 11.1 Å². The quantitative estimate of drug-likeness (QED) is 0.469. The van der Waals surface area contributed by atoms with Crippen molar-refractivity contribution in [3.05, 3.63) is 107 Å². The molecule has 0 aromatic heterocycles. The molecule has 0 bridgehead atoms. The number of amides is 1. The highest BCUT2D eigenvalue weighted by Crippen LogP contribution is 2.10. The van der Waals surface area contributed by atoms with E-state index in [1.807, 2.05) is 54.6 Å². The van der Waals surface area contributed by atoms with Crippen LogP contribution in [0.25, 0.3) is 0 Å². The molecule has 0 heterocycles. The third-order valence-electron chi connectivity index (χ3n) is 5.37. The molecule has 0 radical (unpaired) electrons. The normalized spacial score (nSPS) is 10.9. The topological polar surface area (TPSA) is 41.6 Å². The van der Waals surface area contributed by atoms with E-state index in [0.717, 1.165) is 30.8 Å². The molecule has 31 heavy (non-hydrogen) atoms. The highest BCUT2D eigenvalue weighted by atomic mass is 16.5. The molecule has 0 saturated heterocycles. The molecule has 1 amide bonds. The van der Waals surface area contributed by atoms with Gasteiger partial charge in [0.05, 0.1) is 13.2 Å². The lowest BCUT2D eigenvalue weighted by Crippen LogP contribution is -2.23. The Bertz CT molecular complexity index is 918. The average Bonchev–Trinajstić information content (AvgIpc) is 2.83. The van der Waals surface area contributed by atoms with E-state index in [4.69, 9.17) is 4.74 Å². The maximum atomic E-state index is 12.5. The Morgan fingerprint density at radius 1 is 0.742 bits per heavy atom. The number of hydrogen-bond acceptors (Lipinski definition) is 3. The summed E-state index contributed by atoms with van der Waals surface area (Å²) in [6.07, 6.45) is 0. The maximum absolute atomic E-state index is 12.5. The van der Waals surface area contributed by atoms with Crippen molar-refractivity contribution in [1.82, 2.24) is 10.2 Å². The molecule has 0 unspecified atom stereocenters. The minimum atomic E-state index is -0.0512. The van der Waals surface area contributed by atoms with E-state index in [-0.39, 0.29) is 5.91 Å². The van der Waals surface area contributed by atoms with Crippen LogP contribution in [-0.4, -0.2) is 23.9 Å². The first-order valence-electron chi connectivity index (χ1n) is 11.0. The van der Waals surface area contributed by atoms with Gasteiger partial charge in [-0.15, -0.1) is 0 Å². The molecular weight excluding hydrogens is 384 g/mol. The van der Waals surface area contributed by atoms with Crippen molar-refractivity contribution in [3.8, 4) is 0 Å². The van der Waals surface area contributed by atoms with Gasteiger partial charge in [-0.3, -0.25) is 9.69 Å². The van der Waals surface area contributed by atoms with Crippen LogP contribution >= 0.6 is 0 Å². The van der Waals surface area contributed by atoms with E-state index in [9.17, 15) is 4.79 Å². The fourth-order valence-electron chi connectivity index (χ4n) is 3.37. The first-order chi connectivity index (χ1) is 15.2. The Labute approximate surface area is 185 Å². The SMILES string of the molecule is CCN(CC)Cc1ccc(C(=O)NCc2ccc(COCc3ccccc3)cc2)cc1. The predicted molar refractivity (Wildman–Crippen MR) is 126 cm³/mol. The smallest absolute Gasteiger partial charge is 0.251 e. The van der Waals surface area contributed by atoms with Gasteiger partial charge in [0.25, 0.3) is 5.91 Å². The second-order valence-electron chi connectivity index (χ2n) is 7.64. The van der Waals surface area contributed by atoms with Gasteiger partial charge in [-0.2, -0.15) is 0 Å². The van der Waals surface area contributed by atoms with Crippen molar-refractivity contribution < 1.29 is 9.53 Å². The van der Waals surface area contributed by atoms with E-state index in [1.54, 1.807) is 0 Å². The molecule has 0 aliphatic rings. The van der Waals surface area contributed by atoms with Crippen molar-refractivity contribution in [2.75, 3.05) is 13.1 Å². The van der Waals surface area contributed by atoms with Gasteiger partial charge in [-0.05, 0) is 47.5 Å². The summed E-state index contributed by atoms with van der Waals surface area (Å²) < 4.78 is 5.78. The van der Waals surface area contributed by atoms with Crippen molar-refractivity contribution in [2.24, 2.45) is 0 Å². The Morgan fingerprint density at radius 3 is 1.90 bits per heavy atom. The van der Waals surface area contributed by atoms with Crippen LogP contribution in [0.1, 0.15) is 46.5 Å². The second kappa shape index (κ2) is 12.0. The molecule has 0 fully saturated rings. The summed E-state index contributed by atoms with van der Waals surface area (Å²) in [6, 6.07) is 26.2. The van der Waals surface area contributed by atoms with Crippen LogP contribution in [0.5, 0.6) is 0 Å². The Kier molecular flexibility index (Phi) is 8.83. The molecule has 4 nitrogen and oxygen atoms in total. The van der Waals surface area contributed by atoms with Crippen molar-refractivity contribution in [3.63, 3.8) is 0 Å². The minimum absolute atomic E-state index is 0.0512. The molecule has 3 rings (SSSR count). The fourth-order valence-corrected chi connectivity index (χ4v) is 3.37. The van der Waals surface area contributed by atoms with Crippen LogP contribution in [0.3, 0.4) is 0 Å². The molecule has 0 saturated carbocycles. The van der Waals surface area contributed by atoms with Crippen LogP contribution in [0.2, 0.25) is 0 Å². The largest absolute Gasteiger partial charge is 0.372 e. The van der Waals surface area contributed by atoms with Crippen LogP contribution < -0.4 is 5.32 Å². The van der Waals surface area contributed by atoms with Crippen LogP contribution in [0.4, 0.5) is 0 Å². The number of ether oxygens (including phenoxy) is 1. The van der Waals surface area contributed by atoms with E-state index in [2.05, 4.69) is 48.3 Å². The number of benzene rings is 3. The summed E-state index contributed by atoms with van der Waals surface area (Å²) in [5.41, 5.74) is 5.27. The van der Waals surface area contributed by atoms with Gasteiger partial charge in [0.1, 0.15) is 0 Å². The van der Waals surface area contributed by atoms with Crippen molar-refractivity contribution in [1.29, 1.82) is 0 Å². The summed E-state index contributed by atoms with van der Waals surface area (Å²) in [6.45, 7) is 8.97. The van der Waals surface area contributed by atoms with Gasteiger partial charge >= 0.3 is 0 Å². The monoisotopic (exact) mass is 416 g/mol. The fraction of sp³-hybridized carbons (Fsp3) is 0.296. The van der Waals surface area contributed by atoms with Crippen molar-refractivity contribution in [2.45, 2.75) is 40.2 Å². The summed E-state index contributed by atoms with van der Waals surface area (Å²) in [4.78, 5) is 14.8. The highest BCUT2D eigenvalue weighted by Gasteiger charge is 2.07. The zero-order valence-corrected chi connectivity index (χ0v) is 18.5. The van der Waals surface area contributed by atoms with E-state index in [0.29, 0.717) is 25.3 Å². The van der Waals surface area contributed by atoms with Crippen LogP contribution in [0, 0.1) is 0 Å². The molecule has 4 heteroatoms. The third kappa shape index (κ3) is 7.35. The highest BCUT2D eigenvalue weighted by molar-refractivity contribution is 5.94. The molecule has 3 aromatic rings. The number of carbonyl (C=O) groups is 1. The Balaban J connectivity index is 1.43. The Hall–Kier alpha value is -2.95. The van der Waals surface area contributed by atoms with Gasteiger partial charge in [0, 0.05) is 18.7 Å². The first kappa shape index (κ1) is 22.7. The summed E-state index contributed by atoms with van der Waals surface area (Å²) >= 11 is 0. The second-order valence-corrected chi connectivity index (χ2v) is 7.64. The molecule has 0 spiro atoms. The molecule has 1 N–H and O–H groups in total. The zero-order valence-electron chi connectivity index (χ0n) is 18.5. The van der Waals surface area contributed by atoms with Gasteiger partial charge in [0.15, 0.2) is 0 Å². The molecule has 162 valence electrons. The van der Waals surface area contributed by atoms with E-state index >= 15 is 0 Å². The summed E-state index contributed by atoms with van der Waals surface area (Å²) in [5, 5.41) is 3.00. The summed E-state index contributed by atoms with van der Waals surface area (Å²) in [5.74, 6) is -0.0512. The number of rotatable bonds is 11. The number of nitrogens with zero attached hydrogens (tertiary/aromatic N) is 1. The van der Waals surface area contributed by atoms with Gasteiger partial charge in [-0.25, -0.2) is 0 Å². The number of nitrogens with one attached hydrogen (secondary N) is 1. The predicted octanol–water partition coefficient (Wildman–Crippen LogP) is 5.18. The van der Waals surface area contributed by atoms with Gasteiger partial charge in [-0.1, -0.05) is 80.6 Å². The van der Waals surface area contributed by atoms with Crippen LogP contribution in [0.15, 0.2) is 78.9 Å². The molecular formula is C27H32N2O2. The lowest BCUT2D eigenvalue weighted by molar-refractivity contribution is 0.0950. The lowest BCUT2D eigenvalue weighted by atomic mass is 10.1. The van der Waals surface area contributed by atoms with Crippen LogP contribution in [-0.2, 0) is 31.0 Å². The van der Waals surface area contributed by atoms with Gasteiger partial charge < -0.3 is 10.1 Å². The molecule has 0 aliphatic heterocycles. The Morgan fingerprint density at radius 2 is 1.29 bits per heavy atom. The third-order valence-corrected chi connectivity index (χ3v) is 5.37. The minimum Gasteiger partial charge on any atom is -0.372 e.